The summed E-state index contributed by atoms with van der Waals surface area (Å²) in [5, 5.41) is 4.85. The first kappa shape index (κ1) is 14.1. The maximum atomic E-state index is 6.23. The van der Waals surface area contributed by atoms with Crippen molar-refractivity contribution in [3.63, 3.8) is 0 Å². The molecule has 0 aliphatic carbocycles. The number of halogens is 1. The number of aromatic nitrogens is 2. The zero-order valence-corrected chi connectivity index (χ0v) is 12.2. The second kappa shape index (κ2) is 5.77. The lowest BCUT2D eigenvalue weighted by Crippen LogP contribution is -2.23. The molecular weight excluding hydrogens is 264 g/mol. The lowest BCUT2D eigenvalue weighted by molar-refractivity contribution is 0.365. The molecule has 0 saturated carbocycles. The fourth-order valence-electron chi connectivity index (χ4n) is 1.91. The van der Waals surface area contributed by atoms with Crippen molar-refractivity contribution >= 4 is 11.6 Å². The minimum atomic E-state index is -0.397. The third-order valence-corrected chi connectivity index (χ3v) is 3.25. The van der Waals surface area contributed by atoms with Gasteiger partial charge in [-0.3, -0.25) is 4.68 Å². The number of hydrogen-bond donors (Lipinski definition) is 1. The topological polar surface area (TPSA) is 60.2 Å². The highest BCUT2D eigenvalue weighted by atomic mass is 35.5. The fourth-order valence-corrected chi connectivity index (χ4v) is 2.17. The quantitative estimate of drug-likeness (QED) is 0.912. The molecule has 5 nitrogen and oxygen atoms in total. The molecule has 0 aliphatic heterocycles. The van der Waals surface area contributed by atoms with Gasteiger partial charge in [0, 0.05) is 6.54 Å². The average molecular weight is 283 g/mol. The summed E-state index contributed by atoms with van der Waals surface area (Å²) in [7, 11) is 4.03. The van der Waals surface area contributed by atoms with E-state index in [-0.39, 0.29) is 0 Å². The molecule has 0 aromatic carbocycles. The van der Waals surface area contributed by atoms with Gasteiger partial charge in [0.25, 0.3) is 0 Å². The van der Waals surface area contributed by atoms with E-state index in [0.717, 1.165) is 24.5 Å². The molecule has 2 aromatic rings. The van der Waals surface area contributed by atoms with Crippen LogP contribution in [-0.2, 0) is 6.54 Å². The Balaban J connectivity index is 2.25. The number of hydrogen-bond acceptors (Lipinski definition) is 4. The van der Waals surface area contributed by atoms with Gasteiger partial charge in [0.15, 0.2) is 0 Å². The molecular formula is C13H19ClN4O. The minimum absolute atomic E-state index is 0.397. The van der Waals surface area contributed by atoms with Gasteiger partial charge in [0.1, 0.15) is 17.6 Å². The van der Waals surface area contributed by atoms with Crippen molar-refractivity contribution in [1.29, 1.82) is 0 Å². The molecule has 2 rings (SSSR count). The van der Waals surface area contributed by atoms with Crippen LogP contribution in [0.2, 0.25) is 5.02 Å². The minimum Gasteiger partial charge on any atom is -0.464 e. The highest BCUT2D eigenvalue weighted by Gasteiger charge is 2.21. The van der Waals surface area contributed by atoms with Crippen LogP contribution >= 0.6 is 11.6 Å². The van der Waals surface area contributed by atoms with E-state index in [0.29, 0.717) is 10.8 Å². The summed E-state index contributed by atoms with van der Waals surface area (Å²) >= 11 is 6.19. The number of nitrogens with two attached hydrogens (primary N) is 1. The Hall–Kier alpha value is -1.30. The van der Waals surface area contributed by atoms with Crippen LogP contribution < -0.4 is 5.73 Å². The second-order valence-electron chi connectivity index (χ2n) is 4.83. The number of likely N-dealkylation sites (N-methyl/N-ethyl adjacent to an activating group) is 1. The van der Waals surface area contributed by atoms with E-state index < -0.39 is 6.04 Å². The largest absolute Gasteiger partial charge is 0.464 e. The van der Waals surface area contributed by atoms with E-state index in [2.05, 4.69) is 10.00 Å². The predicted octanol–water partition coefficient (Wildman–Crippen LogP) is 2.05. The van der Waals surface area contributed by atoms with Crippen molar-refractivity contribution in [1.82, 2.24) is 14.7 Å². The summed E-state index contributed by atoms with van der Waals surface area (Å²) in [6.07, 6.45) is 1.63. The number of aryl methyl sites for hydroxylation is 1. The van der Waals surface area contributed by atoms with Crippen molar-refractivity contribution < 1.29 is 4.42 Å². The van der Waals surface area contributed by atoms with Crippen LogP contribution in [0.1, 0.15) is 23.3 Å². The van der Waals surface area contributed by atoms with Crippen LogP contribution in [-0.4, -0.2) is 35.3 Å². The Morgan fingerprint density at radius 3 is 2.79 bits per heavy atom. The van der Waals surface area contributed by atoms with Gasteiger partial charge in [-0.15, -0.1) is 0 Å². The summed E-state index contributed by atoms with van der Waals surface area (Å²) in [6, 6.07) is 3.37. The van der Waals surface area contributed by atoms with E-state index in [4.69, 9.17) is 21.8 Å². The van der Waals surface area contributed by atoms with Crippen molar-refractivity contribution in [2.45, 2.75) is 19.5 Å². The van der Waals surface area contributed by atoms with Crippen molar-refractivity contribution in [2.24, 2.45) is 5.73 Å². The van der Waals surface area contributed by atoms with Gasteiger partial charge in [0.05, 0.1) is 23.5 Å². The van der Waals surface area contributed by atoms with Crippen LogP contribution in [0.4, 0.5) is 0 Å². The van der Waals surface area contributed by atoms with E-state index in [1.165, 1.54) is 0 Å². The highest BCUT2D eigenvalue weighted by Crippen LogP contribution is 2.27. The average Bonchev–Trinajstić information content (AvgIpc) is 2.92. The molecule has 19 heavy (non-hydrogen) atoms. The van der Waals surface area contributed by atoms with Crippen LogP contribution in [0.3, 0.4) is 0 Å². The zero-order valence-electron chi connectivity index (χ0n) is 11.4. The first-order chi connectivity index (χ1) is 8.99. The van der Waals surface area contributed by atoms with E-state index >= 15 is 0 Å². The summed E-state index contributed by atoms with van der Waals surface area (Å²) < 4.78 is 7.41. The van der Waals surface area contributed by atoms with Gasteiger partial charge in [-0.2, -0.15) is 5.10 Å². The number of rotatable bonds is 5. The second-order valence-corrected chi connectivity index (χ2v) is 5.24. The summed E-state index contributed by atoms with van der Waals surface area (Å²) in [5.74, 6) is 1.53. The fraction of sp³-hybridized carbons (Fsp3) is 0.462. The van der Waals surface area contributed by atoms with Gasteiger partial charge >= 0.3 is 0 Å². The van der Waals surface area contributed by atoms with E-state index in [1.807, 2.05) is 37.8 Å². The summed E-state index contributed by atoms with van der Waals surface area (Å²) in [4.78, 5) is 2.09. The van der Waals surface area contributed by atoms with Gasteiger partial charge in [-0.1, -0.05) is 11.6 Å². The third kappa shape index (κ3) is 3.18. The predicted molar refractivity (Wildman–Crippen MR) is 75.3 cm³/mol. The van der Waals surface area contributed by atoms with E-state index in [1.54, 1.807) is 6.20 Å². The Morgan fingerprint density at radius 1 is 1.47 bits per heavy atom. The zero-order chi connectivity index (χ0) is 14.0. The van der Waals surface area contributed by atoms with Gasteiger partial charge in [0.2, 0.25) is 0 Å². The molecule has 0 bridgehead atoms. The number of furan rings is 1. The van der Waals surface area contributed by atoms with Crippen LogP contribution in [0.15, 0.2) is 22.7 Å². The monoisotopic (exact) mass is 282 g/mol. The first-order valence-electron chi connectivity index (χ1n) is 6.17. The van der Waals surface area contributed by atoms with Gasteiger partial charge < -0.3 is 15.1 Å². The molecule has 6 heteroatoms. The molecule has 0 radical (unpaired) electrons. The highest BCUT2D eigenvalue weighted by molar-refractivity contribution is 6.31. The molecule has 104 valence electrons. The summed E-state index contributed by atoms with van der Waals surface area (Å²) in [5.41, 5.74) is 7.02. The summed E-state index contributed by atoms with van der Waals surface area (Å²) in [6.45, 7) is 3.50. The van der Waals surface area contributed by atoms with Crippen molar-refractivity contribution in [3.05, 3.63) is 40.6 Å². The standard InChI is InChI=1S/C13H19ClN4O/c1-9-4-5-11(19-9)12(15)13-10(14)8-16-18(13)7-6-17(2)3/h4-5,8,12H,6-7,15H2,1-3H3. The molecule has 0 fully saturated rings. The maximum absolute atomic E-state index is 6.23. The van der Waals surface area contributed by atoms with Crippen LogP contribution in [0.5, 0.6) is 0 Å². The lowest BCUT2D eigenvalue weighted by Gasteiger charge is -2.15. The van der Waals surface area contributed by atoms with Gasteiger partial charge in [-0.05, 0) is 33.2 Å². The molecule has 0 aliphatic rings. The Labute approximate surface area is 117 Å². The SMILES string of the molecule is Cc1ccc(C(N)c2c(Cl)cnn2CCN(C)C)o1. The van der Waals surface area contributed by atoms with Gasteiger partial charge in [-0.25, -0.2) is 0 Å². The molecule has 0 spiro atoms. The van der Waals surface area contributed by atoms with Crippen LogP contribution in [0.25, 0.3) is 0 Å². The number of nitrogens with zero attached hydrogens (tertiary/aromatic N) is 3. The molecule has 1 unspecified atom stereocenters. The lowest BCUT2D eigenvalue weighted by atomic mass is 10.1. The molecule has 0 saturated heterocycles. The Morgan fingerprint density at radius 2 is 2.21 bits per heavy atom. The van der Waals surface area contributed by atoms with E-state index in [9.17, 15) is 0 Å². The molecule has 2 aromatic heterocycles. The first-order valence-corrected chi connectivity index (χ1v) is 6.54. The van der Waals surface area contributed by atoms with Crippen molar-refractivity contribution in [3.8, 4) is 0 Å². The molecule has 2 N–H and O–H groups in total. The Kier molecular flexibility index (Phi) is 4.29. The third-order valence-electron chi connectivity index (χ3n) is 2.95. The smallest absolute Gasteiger partial charge is 0.127 e. The van der Waals surface area contributed by atoms with Crippen LogP contribution in [0, 0.1) is 6.92 Å². The maximum Gasteiger partial charge on any atom is 0.127 e. The molecule has 0 amide bonds. The normalized spacial score (nSPS) is 13.2. The molecule has 2 heterocycles. The molecule has 1 atom stereocenters. The van der Waals surface area contributed by atoms with Crippen molar-refractivity contribution in [2.75, 3.05) is 20.6 Å². The Bertz CT molecular complexity index is 547.